The van der Waals surface area contributed by atoms with Gasteiger partial charge in [0.2, 0.25) is 0 Å². The second kappa shape index (κ2) is 7.81. The van der Waals surface area contributed by atoms with Crippen LogP contribution in [0.2, 0.25) is 0 Å². The Bertz CT molecular complexity index is 729. The molecule has 6 nitrogen and oxygen atoms in total. The van der Waals surface area contributed by atoms with Crippen LogP contribution < -0.4 is 10.1 Å². The van der Waals surface area contributed by atoms with E-state index in [1.165, 1.54) is 12.8 Å². The summed E-state index contributed by atoms with van der Waals surface area (Å²) < 4.78 is 5.45. The number of hydrogen-bond acceptors (Lipinski definition) is 3. The Morgan fingerprint density at radius 2 is 1.96 bits per heavy atom. The predicted molar refractivity (Wildman–Crippen MR) is 99.8 cm³/mol. The molecule has 2 heterocycles. The summed E-state index contributed by atoms with van der Waals surface area (Å²) >= 11 is 0. The topological polar surface area (TPSA) is 61.9 Å². The van der Waals surface area contributed by atoms with Crippen molar-refractivity contribution >= 4 is 11.9 Å². The van der Waals surface area contributed by atoms with E-state index in [1.807, 2.05) is 29.2 Å². The first kappa shape index (κ1) is 18.3. The number of likely N-dealkylation sites (N-methyl/N-ethyl adjacent to an activating group) is 1. The molecule has 1 atom stereocenters. The minimum Gasteiger partial charge on any atom is -0.496 e. The molecule has 0 aliphatic carbocycles. The Morgan fingerprint density at radius 1 is 1.19 bits per heavy atom. The van der Waals surface area contributed by atoms with Crippen LogP contribution in [0.15, 0.2) is 35.5 Å². The van der Waals surface area contributed by atoms with Crippen LogP contribution in [0, 0.1) is 0 Å². The Labute approximate surface area is 154 Å². The van der Waals surface area contributed by atoms with E-state index in [4.69, 9.17) is 4.74 Å². The van der Waals surface area contributed by atoms with E-state index in [9.17, 15) is 9.59 Å². The van der Waals surface area contributed by atoms with Crippen LogP contribution in [-0.4, -0.2) is 49.0 Å². The maximum absolute atomic E-state index is 13.1. The summed E-state index contributed by atoms with van der Waals surface area (Å²) in [7, 11) is 3.32. The number of unbranched alkanes of at least 4 members (excludes halogenated alkanes) is 3. The number of methoxy groups -OCH3 is 1. The maximum atomic E-state index is 13.1. The van der Waals surface area contributed by atoms with Gasteiger partial charge in [0.1, 0.15) is 5.75 Å². The monoisotopic (exact) mass is 357 g/mol. The average Bonchev–Trinajstić information content (AvgIpc) is 2.99. The molecule has 140 valence electrons. The van der Waals surface area contributed by atoms with Crippen molar-refractivity contribution in [1.82, 2.24) is 15.1 Å². The molecule has 0 radical (unpaired) electrons. The lowest BCUT2D eigenvalue weighted by molar-refractivity contribution is -0.125. The molecule has 0 bridgehead atoms. The van der Waals surface area contributed by atoms with E-state index < -0.39 is 6.04 Å². The lowest BCUT2D eigenvalue weighted by atomic mass is 9.95. The van der Waals surface area contributed by atoms with Gasteiger partial charge in [-0.15, -0.1) is 0 Å². The first-order chi connectivity index (χ1) is 12.6. The van der Waals surface area contributed by atoms with E-state index >= 15 is 0 Å². The van der Waals surface area contributed by atoms with Crippen molar-refractivity contribution < 1.29 is 14.3 Å². The minimum atomic E-state index is -0.474. The van der Waals surface area contributed by atoms with Crippen molar-refractivity contribution in [2.45, 2.75) is 38.6 Å². The number of ether oxygens (including phenoxy) is 1. The second-order valence-electron chi connectivity index (χ2n) is 6.83. The Morgan fingerprint density at radius 3 is 2.69 bits per heavy atom. The highest BCUT2D eigenvalue weighted by molar-refractivity contribution is 6.01. The predicted octanol–water partition coefficient (Wildman–Crippen LogP) is 3.07. The van der Waals surface area contributed by atoms with E-state index in [0.29, 0.717) is 17.9 Å². The molecule has 0 unspecified atom stereocenters. The minimum absolute atomic E-state index is 0.0132. The van der Waals surface area contributed by atoms with Gasteiger partial charge in [0.25, 0.3) is 5.91 Å². The van der Waals surface area contributed by atoms with Crippen molar-refractivity contribution in [3.05, 3.63) is 41.1 Å². The first-order valence-electron chi connectivity index (χ1n) is 9.28. The molecule has 0 fully saturated rings. The van der Waals surface area contributed by atoms with E-state index in [1.54, 1.807) is 19.1 Å². The molecule has 26 heavy (non-hydrogen) atoms. The number of carbonyl (C=O) groups is 2. The maximum Gasteiger partial charge on any atom is 0.322 e. The fourth-order valence-electron chi connectivity index (χ4n) is 3.67. The summed E-state index contributed by atoms with van der Waals surface area (Å²) in [6.45, 7) is 3.40. The van der Waals surface area contributed by atoms with Crippen LogP contribution in [0.3, 0.4) is 0 Å². The molecule has 0 saturated carbocycles. The average molecular weight is 357 g/mol. The molecule has 6 heteroatoms. The third-order valence-electron chi connectivity index (χ3n) is 5.17. The Balaban J connectivity index is 1.88. The zero-order chi connectivity index (χ0) is 18.7. The van der Waals surface area contributed by atoms with Crippen LogP contribution in [0.4, 0.5) is 4.79 Å². The van der Waals surface area contributed by atoms with Gasteiger partial charge in [-0.2, -0.15) is 0 Å². The molecule has 3 rings (SSSR count). The van der Waals surface area contributed by atoms with Crippen molar-refractivity contribution in [3.63, 3.8) is 0 Å². The number of nitrogens with zero attached hydrogens (tertiary/aromatic N) is 2. The third-order valence-corrected chi connectivity index (χ3v) is 5.17. The van der Waals surface area contributed by atoms with Crippen molar-refractivity contribution in [1.29, 1.82) is 0 Å². The van der Waals surface area contributed by atoms with Gasteiger partial charge < -0.3 is 15.0 Å². The lowest BCUT2D eigenvalue weighted by Crippen LogP contribution is -2.45. The third kappa shape index (κ3) is 3.28. The Kier molecular flexibility index (Phi) is 5.49. The van der Waals surface area contributed by atoms with E-state index in [0.717, 1.165) is 30.6 Å². The zero-order valence-electron chi connectivity index (χ0n) is 15.7. The molecule has 1 N–H and O–H groups in total. The van der Waals surface area contributed by atoms with Gasteiger partial charge in [-0.1, -0.05) is 44.4 Å². The number of hydrogen-bond donors (Lipinski definition) is 1. The van der Waals surface area contributed by atoms with Crippen molar-refractivity contribution in [3.8, 4) is 5.75 Å². The second-order valence-corrected chi connectivity index (χ2v) is 6.83. The molecular formula is C20H27N3O3. The van der Waals surface area contributed by atoms with Crippen LogP contribution in [0.25, 0.3) is 0 Å². The number of amides is 3. The molecule has 2 aliphatic rings. The fraction of sp³-hybridized carbons (Fsp3) is 0.500. The normalized spacial score (nSPS) is 19.7. The summed E-state index contributed by atoms with van der Waals surface area (Å²) in [5, 5.41) is 2.96. The number of para-hydroxylation sites is 1. The van der Waals surface area contributed by atoms with E-state index in [2.05, 4.69) is 12.2 Å². The molecule has 3 amide bonds. The smallest absolute Gasteiger partial charge is 0.322 e. The summed E-state index contributed by atoms with van der Waals surface area (Å²) in [5.74, 6) is 0.683. The summed E-state index contributed by atoms with van der Waals surface area (Å²) in [6, 6.07) is 6.85. The summed E-state index contributed by atoms with van der Waals surface area (Å²) in [5.41, 5.74) is 2.27. The molecule has 0 aromatic heterocycles. The lowest BCUT2D eigenvalue weighted by Gasteiger charge is -2.31. The number of rotatable bonds is 7. The molecule has 1 aromatic rings. The van der Waals surface area contributed by atoms with Crippen LogP contribution in [0.5, 0.6) is 5.75 Å². The van der Waals surface area contributed by atoms with Gasteiger partial charge in [0, 0.05) is 19.2 Å². The van der Waals surface area contributed by atoms with Crippen LogP contribution in [-0.2, 0) is 4.79 Å². The van der Waals surface area contributed by atoms with Crippen LogP contribution in [0.1, 0.15) is 44.2 Å². The van der Waals surface area contributed by atoms with Crippen LogP contribution >= 0.6 is 0 Å². The molecule has 0 spiro atoms. The first-order valence-corrected chi connectivity index (χ1v) is 9.28. The summed E-state index contributed by atoms with van der Waals surface area (Å²) in [4.78, 5) is 29.0. The summed E-state index contributed by atoms with van der Waals surface area (Å²) in [6.07, 6.45) is 4.46. The highest BCUT2D eigenvalue weighted by Gasteiger charge is 2.43. The molecule has 0 saturated heterocycles. The number of benzene rings is 1. The van der Waals surface area contributed by atoms with Crippen molar-refractivity contribution in [2.24, 2.45) is 0 Å². The van der Waals surface area contributed by atoms with Gasteiger partial charge in [-0.25, -0.2) is 4.79 Å². The highest BCUT2D eigenvalue weighted by Crippen LogP contribution is 2.38. The zero-order valence-corrected chi connectivity index (χ0v) is 15.7. The Hall–Kier alpha value is -2.50. The number of nitrogens with one attached hydrogen (secondary N) is 1. The largest absolute Gasteiger partial charge is 0.496 e. The van der Waals surface area contributed by atoms with Gasteiger partial charge in [-0.05, 0) is 12.5 Å². The molecular weight excluding hydrogens is 330 g/mol. The van der Waals surface area contributed by atoms with Crippen molar-refractivity contribution in [2.75, 3.05) is 27.2 Å². The quantitative estimate of drug-likeness (QED) is 0.763. The number of carbonyl (C=O) groups excluding carboxylic acids is 2. The van der Waals surface area contributed by atoms with Gasteiger partial charge >= 0.3 is 6.03 Å². The SMILES string of the molecule is CCCCCCN1CC2=C(C1=O)[C@@H](c1ccccc1OC)NC(=O)N2C. The fourth-order valence-corrected chi connectivity index (χ4v) is 3.67. The molecule has 1 aromatic carbocycles. The highest BCUT2D eigenvalue weighted by atomic mass is 16.5. The van der Waals surface area contributed by atoms with E-state index in [-0.39, 0.29) is 11.9 Å². The number of urea groups is 1. The standard InChI is InChI=1S/C20H27N3O3/c1-4-5-6-9-12-23-13-15-17(19(23)24)18(21-20(25)22(15)2)14-10-7-8-11-16(14)26-3/h7-8,10-11,18H,4-6,9,12-13H2,1-3H3,(H,21,25)/t18-/m1/s1. The van der Waals surface area contributed by atoms with Gasteiger partial charge in [-0.3, -0.25) is 9.69 Å². The van der Waals surface area contributed by atoms with Gasteiger partial charge in [0.15, 0.2) is 0 Å². The molecule has 2 aliphatic heterocycles. The van der Waals surface area contributed by atoms with Gasteiger partial charge in [0.05, 0.1) is 31.0 Å².